The number of ether oxygens (including phenoxy) is 1. The zero-order valence-corrected chi connectivity index (χ0v) is 13.1. The van der Waals surface area contributed by atoms with E-state index in [0.29, 0.717) is 6.10 Å². The normalized spacial score (nSPS) is 20.9. The second kappa shape index (κ2) is 7.39. The van der Waals surface area contributed by atoms with E-state index in [1.54, 1.807) is 0 Å². The molecule has 1 fully saturated rings. The van der Waals surface area contributed by atoms with E-state index in [0.717, 1.165) is 30.6 Å². The fourth-order valence-electron chi connectivity index (χ4n) is 2.49. The smallest absolute Gasteiger partial charge is 0.0702 e. The molecule has 1 aromatic carbocycles. The molecule has 0 aromatic heterocycles. The molecule has 3 nitrogen and oxygen atoms in total. The second-order valence-electron chi connectivity index (χ2n) is 5.35. The number of hydrogen-bond acceptors (Lipinski definition) is 3. The van der Waals surface area contributed by atoms with Gasteiger partial charge in [-0.2, -0.15) is 0 Å². The number of likely N-dealkylation sites (N-methyl/N-ethyl adjacent to an activating group) is 1. The lowest BCUT2D eigenvalue weighted by Crippen LogP contribution is -2.31. The molecule has 2 unspecified atom stereocenters. The van der Waals surface area contributed by atoms with Crippen molar-refractivity contribution in [1.82, 2.24) is 4.90 Å². The maximum absolute atomic E-state index is 6.24. The fraction of sp³-hybridized carbons (Fsp3) is 0.600. The SMILES string of the molecule is CN(CCC(N)c1cccc(Br)c1)CC1CCCO1. The molecular formula is C15H23BrN2O. The molecule has 2 rings (SSSR count). The van der Waals surface area contributed by atoms with Gasteiger partial charge in [-0.25, -0.2) is 0 Å². The van der Waals surface area contributed by atoms with Gasteiger partial charge in [-0.15, -0.1) is 0 Å². The van der Waals surface area contributed by atoms with Crippen molar-refractivity contribution in [2.24, 2.45) is 5.73 Å². The van der Waals surface area contributed by atoms with Crippen LogP contribution < -0.4 is 5.73 Å². The Morgan fingerprint density at radius 2 is 2.37 bits per heavy atom. The summed E-state index contributed by atoms with van der Waals surface area (Å²) in [6.45, 7) is 2.95. The van der Waals surface area contributed by atoms with E-state index in [-0.39, 0.29) is 6.04 Å². The van der Waals surface area contributed by atoms with E-state index < -0.39 is 0 Å². The van der Waals surface area contributed by atoms with Gasteiger partial charge in [0.25, 0.3) is 0 Å². The predicted molar refractivity (Wildman–Crippen MR) is 82.2 cm³/mol. The van der Waals surface area contributed by atoms with Crippen LogP contribution in [0.2, 0.25) is 0 Å². The Kier molecular flexibility index (Phi) is 5.82. The van der Waals surface area contributed by atoms with Crippen molar-refractivity contribution >= 4 is 15.9 Å². The third-order valence-electron chi connectivity index (χ3n) is 3.64. The van der Waals surface area contributed by atoms with Crippen LogP contribution in [0.25, 0.3) is 0 Å². The molecule has 0 spiro atoms. The van der Waals surface area contributed by atoms with Gasteiger partial charge in [0.2, 0.25) is 0 Å². The summed E-state index contributed by atoms with van der Waals surface area (Å²) >= 11 is 3.49. The van der Waals surface area contributed by atoms with Crippen molar-refractivity contribution in [1.29, 1.82) is 0 Å². The first kappa shape index (κ1) is 15.0. The fourth-order valence-corrected chi connectivity index (χ4v) is 2.91. The van der Waals surface area contributed by atoms with Crippen molar-refractivity contribution in [3.05, 3.63) is 34.3 Å². The molecule has 0 radical (unpaired) electrons. The summed E-state index contributed by atoms with van der Waals surface area (Å²) in [6, 6.07) is 8.36. The van der Waals surface area contributed by atoms with Gasteiger partial charge < -0.3 is 15.4 Å². The monoisotopic (exact) mass is 326 g/mol. The van der Waals surface area contributed by atoms with Crippen LogP contribution in [0.5, 0.6) is 0 Å². The van der Waals surface area contributed by atoms with Crippen LogP contribution >= 0.6 is 15.9 Å². The molecule has 4 heteroatoms. The van der Waals surface area contributed by atoms with Gasteiger partial charge in [0.05, 0.1) is 6.10 Å². The maximum Gasteiger partial charge on any atom is 0.0702 e. The standard InChI is InChI=1S/C15H23BrN2O/c1-18(11-14-6-3-9-19-14)8-7-15(17)12-4-2-5-13(16)10-12/h2,4-5,10,14-15H,3,6-9,11,17H2,1H3. The summed E-state index contributed by atoms with van der Waals surface area (Å²) in [5.74, 6) is 0. The van der Waals surface area contributed by atoms with Crippen molar-refractivity contribution in [3.8, 4) is 0 Å². The molecule has 19 heavy (non-hydrogen) atoms. The molecule has 1 aliphatic heterocycles. The number of nitrogens with two attached hydrogens (primary N) is 1. The van der Waals surface area contributed by atoms with E-state index in [4.69, 9.17) is 10.5 Å². The second-order valence-corrected chi connectivity index (χ2v) is 6.26. The van der Waals surface area contributed by atoms with Crippen molar-refractivity contribution < 1.29 is 4.74 Å². The van der Waals surface area contributed by atoms with Gasteiger partial charge >= 0.3 is 0 Å². The molecule has 1 heterocycles. The summed E-state index contributed by atoms with van der Waals surface area (Å²) in [5, 5.41) is 0. The maximum atomic E-state index is 6.24. The lowest BCUT2D eigenvalue weighted by Gasteiger charge is -2.22. The van der Waals surface area contributed by atoms with Gasteiger partial charge in [0.15, 0.2) is 0 Å². The Labute approximate surface area is 124 Å². The average molecular weight is 327 g/mol. The number of nitrogens with zero attached hydrogens (tertiary/aromatic N) is 1. The van der Waals surface area contributed by atoms with Crippen LogP contribution in [0.1, 0.15) is 30.9 Å². The summed E-state index contributed by atoms with van der Waals surface area (Å²) in [7, 11) is 2.15. The van der Waals surface area contributed by atoms with E-state index in [9.17, 15) is 0 Å². The van der Waals surface area contributed by atoms with Crippen molar-refractivity contribution in [2.75, 3.05) is 26.7 Å². The number of hydrogen-bond donors (Lipinski definition) is 1. The van der Waals surface area contributed by atoms with Crippen LogP contribution in [-0.2, 0) is 4.74 Å². The van der Waals surface area contributed by atoms with Gasteiger partial charge in [0.1, 0.15) is 0 Å². The average Bonchev–Trinajstić information content (AvgIpc) is 2.88. The number of rotatable bonds is 6. The highest BCUT2D eigenvalue weighted by molar-refractivity contribution is 9.10. The van der Waals surface area contributed by atoms with Crippen LogP contribution in [0.15, 0.2) is 28.7 Å². The summed E-state index contributed by atoms with van der Waals surface area (Å²) in [6.07, 6.45) is 3.80. The largest absolute Gasteiger partial charge is 0.377 e. The Morgan fingerprint density at radius 3 is 3.05 bits per heavy atom. The predicted octanol–water partition coefficient (Wildman–Crippen LogP) is 2.95. The zero-order chi connectivity index (χ0) is 13.7. The molecule has 0 saturated carbocycles. The highest BCUT2D eigenvalue weighted by Crippen LogP contribution is 2.19. The van der Waals surface area contributed by atoms with Crippen LogP contribution in [-0.4, -0.2) is 37.7 Å². The van der Waals surface area contributed by atoms with Crippen LogP contribution in [0, 0.1) is 0 Å². The molecule has 1 aliphatic rings. The molecule has 1 aromatic rings. The van der Waals surface area contributed by atoms with Gasteiger partial charge in [-0.05, 0) is 50.6 Å². The molecule has 0 aliphatic carbocycles. The van der Waals surface area contributed by atoms with Crippen molar-refractivity contribution in [3.63, 3.8) is 0 Å². The molecule has 0 bridgehead atoms. The first-order chi connectivity index (χ1) is 9.15. The highest BCUT2D eigenvalue weighted by atomic mass is 79.9. The van der Waals surface area contributed by atoms with E-state index in [1.165, 1.54) is 18.4 Å². The summed E-state index contributed by atoms with van der Waals surface area (Å²) < 4.78 is 6.74. The van der Waals surface area contributed by atoms with E-state index in [1.807, 2.05) is 12.1 Å². The molecule has 1 saturated heterocycles. The van der Waals surface area contributed by atoms with Crippen molar-refractivity contribution in [2.45, 2.75) is 31.4 Å². The molecule has 2 N–H and O–H groups in total. The first-order valence-electron chi connectivity index (χ1n) is 6.96. The van der Waals surface area contributed by atoms with Crippen LogP contribution in [0.3, 0.4) is 0 Å². The Hall–Kier alpha value is -0.420. The van der Waals surface area contributed by atoms with Crippen LogP contribution in [0.4, 0.5) is 0 Å². The lowest BCUT2D eigenvalue weighted by molar-refractivity contribution is 0.0804. The number of benzene rings is 1. The highest BCUT2D eigenvalue weighted by Gasteiger charge is 2.17. The van der Waals surface area contributed by atoms with Gasteiger partial charge in [-0.3, -0.25) is 0 Å². The van der Waals surface area contributed by atoms with E-state index in [2.05, 4.69) is 40.0 Å². The molecule has 0 amide bonds. The quantitative estimate of drug-likeness (QED) is 0.873. The van der Waals surface area contributed by atoms with Gasteiger partial charge in [-0.1, -0.05) is 28.1 Å². The first-order valence-corrected chi connectivity index (χ1v) is 7.75. The third kappa shape index (κ3) is 4.88. The number of halogens is 1. The summed E-state index contributed by atoms with van der Waals surface area (Å²) in [5.41, 5.74) is 7.44. The minimum Gasteiger partial charge on any atom is -0.377 e. The third-order valence-corrected chi connectivity index (χ3v) is 4.13. The van der Waals surface area contributed by atoms with Gasteiger partial charge in [0, 0.05) is 23.7 Å². The molecule has 2 atom stereocenters. The van der Waals surface area contributed by atoms with E-state index >= 15 is 0 Å². The Bertz CT molecular complexity index is 393. The lowest BCUT2D eigenvalue weighted by atomic mass is 10.0. The Balaban J connectivity index is 1.74. The Morgan fingerprint density at radius 1 is 1.53 bits per heavy atom. The molecular weight excluding hydrogens is 304 g/mol. The minimum atomic E-state index is 0.101. The summed E-state index contributed by atoms with van der Waals surface area (Å²) in [4.78, 5) is 2.33. The molecule has 106 valence electrons. The minimum absolute atomic E-state index is 0.101. The topological polar surface area (TPSA) is 38.5 Å². The zero-order valence-electron chi connectivity index (χ0n) is 11.5.